The maximum atomic E-state index is 13.1. The monoisotopic (exact) mass is 359 g/mol. The van der Waals surface area contributed by atoms with Gasteiger partial charge in [0.25, 0.3) is 5.91 Å². The summed E-state index contributed by atoms with van der Waals surface area (Å²) < 4.78 is 19.8. The summed E-state index contributed by atoms with van der Waals surface area (Å²) in [6, 6.07) is 5.67. The number of carbonyl (C=O) groups excluding carboxylic acids is 2. The van der Waals surface area contributed by atoms with Crippen molar-refractivity contribution in [1.29, 1.82) is 0 Å². The van der Waals surface area contributed by atoms with Gasteiger partial charge in [-0.25, -0.2) is 14.2 Å². The van der Waals surface area contributed by atoms with Gasteiger partial charge in [0.1, 0.15) is 5.82 Å². The Morgan fingerprint density at radius 2 is 1.85 bits per heavy atom. The number of carbonyl (C=O) groups is 2. The van der Waals surface area contributed by atoms with Crippen molar-refractivity contribution in [1.82, 2.24) is 14.5 Å². The van der Waals surface area contributed by atoms with Gasteiger partial charge in [-0.3, -0.25) is 9.36 Å². The molecule has 1 aliphatic rings. The van der Waals surface area contributed by atoms with Crippen LogP contribution in [0.1, 0.15) is 30.8 Å². The molecule has 0 saturated carbocycles. The predicted octanol–water partition coefficient (Wildman–Crippen LogP) is 2.67. The molecule has 1 fully saturated rings. The van der Waals surface area contributed by atoms with Crippen molar-refractivity contribution in [3.8, 4) is 5.69 Å². The molecule has 2 atom stereocenters. The Kier molecular flexibility index (Phi) is 5.35. The fourth-order valence-corrected chi connectivity index (χ4v) is 3.41. The van der Waals surface area contributed by atoms with Crippen molar-refractivity contribution in [3.63, 3.8) is 0 Å². The first-order chi connectivity index (χ1) is 12.4. The Bertz CT molecular complexity index is 778. The number of hydrogen-bond donors (Lipinski definition) is 0. The van der Waals surface area contributed by atoms with E-state index in [9.17, 15) is 14.0 Å². The molecule has 0 radical (unpaired) electrons. The van der Waals surface area contributed by atoms with Crippen LogP contribution in [-0.4, -0.2) is 46.0 Å². The summed E-state index contributed by atoms with van der Waals surface area (Å²) in [5.41, 5.74) is 0.769. The van der Waals surface area contributed by atoms with Crippen molar-refractivity contribution in [2.75, 3.05) is 19.7 Å². The standard InChI is InChI=1S/C19H22FN3O3/c1-13-7-14(2)10-22(9-13)18(24)11-26-19(25)17-8-21-12-23(17)16-5-3-15(20)4-6-16/h3-6,8,12-14H,7,9-11H2,1-2H3/t13-,14+. The molecule has 0 spiro atoms. The number of nitrogens with zero attached hydrogens (tertiary/aromatic N) is 3. The first kappa shape index (κ1) is 18.1. The molecule has 1 aromatic heterocycles. The number of likely N-dealkylation sites (tertiary alicyclic amines) is 1. The van der Waals surface area contributed by atoms with Crippen molar-refractivity contribution in [2.24, 2.45) is 11.8 Å². The van der Waals surface area contributed by atoms with Gasteiger partial charge >= 0.3 is 5.97 Å². The number of rotatable bonds is 4. The van der Waals surface area contributed by atoms with Gasteiger partial charge in [0.15, 0.2) is 12.3 Å². The Morgan fingerprint density at radius 3 is 2.50 bits per heavy atom. The lowest BCUT2D eigenvalue weighted by Gasteiger charge is -2.34. The van der Waals surface area contributed by atoms with E-state index in [1.54, 1.807) is 4.90 Å². The highest BCUT2D eigenvalue weighted by Crippen LogP contribution is 2.21. The fraction of sp³-hybridized carbons (Fsp3) is 0.421. The molecular formula is C19H22FN3O3. The number of imidazole rings is 1. The van der Waals surface area contributed by atoms with E-state index in [1.165, 1.54) is 41.4 Å². The molecule has 7 heteroatoms. The first-order valence-corrected chi connectivity index (χ1v) is 8.67. The number of benzene rings is 1. The van der Waals surface area contributed by atoms with E-state index in [-0.39, 0.29) is 24.0 Å². The molecule has 6 nitrogen and oxygen atoms in total. The molecule has 0 N–H and O–H groups in total. The van der Waals surface area contributed by atoms with E-state index in [1.807, 2.05) is 0 Å². The average Bonchev–Trinajstić information content (AvgIpc) is 3.09. The Morgan fingerprint density at radius 1 is 1.19 bits per heavy atom. The summed E-state index contributed by atoms with van der Waals surface area (Å²) in [6.07, 6.45) is 3.90. The van der Waals surface area contributed by atoms with Crippen LogP contribution in [0.3, 0.4) is 0 Å². The number of piperidine rings is 1. The molecular weight excluding hydrogens is 337 g/mol. The van der Waals surface area contributed by atoms with Gasteiger partial charge in [0.2, 0.25) is 0 Å². The lowest BCUT2D eigenvalue weighted by molar-refractivity contribution is -0.137. The molecule has 1 saturated heterocycles. The fourth-order valence-electron chi connectivity index (χ4n) is 3.41. The third-order valence-electron chi connectivity index (χ3n) is 4.50. The largest absolute Gasteiger partial charge is 0.451 e. The third-order valence-corrected chi connectivity index (χ3v) is 4.50. The Hall–Kier alpha value is -2.70. The summed E-state index contributed by atoms with van der Waals surface area (Å²) in [7, 11) is 0. The van der Waals surface area contributed by atoms with E-state index in [2.05, 4.69) is 18.8 Å². The first-order valence-electron chi connectivity index (χ1n) is 8.67. The van der Waals surface area contributed by atoms with Crippen molar-refractivity contribution in [2.45, 2.75) is 20.3 Å². The molecule has 0 aliphatic carbocycles. The zero-order valence-electron chi connectivity index (χ0n) is 14.9. The lowest BCUT2D eigenvalue weighted by Crippen LogP contribution is -2.44. The van der Waals surface area contributed by atoms with Crippen molar-refractivity contribution < 1.29 is 18.7 Å². The third kappa shape index (κ3) is 4.09. The van der Waals surface area contributed by atoms with Crippen molar-refractivity contribution >= 4 is 11.9 Å². The topological polar surface area (TPSA) is 64.4 Å². The normalized spacial score (nSPS) is 20.0. The van der Waals surface area contributed by atoms with E-state index in [0.29, 0.717) is 30.6 Å². The Labute approximate surface area is 151 Å². The highest BCUT2D eigenvalue weighted by Gasteiger charge is 2.26. The zero-order chi connectivity index (χ0) is 18.7. The van der Waals surface area contributed by atoms with E-state index < -0.39 is 5.97 Å². The summed E-state index contributed by atoms with van der Waals surface area (Å²) in [5, 5.41) is 0. The second kappa shape index (κ2) is 7.68. The van der Waals surface area contributed by atoms with E-state index >= 15 is 0 Å². The number of hydrogen-bond acceptors (Lipinski definition) is 4. The van der Waals surface area contributed by atoms with Crippen LogP contribution in [-0.2, 0) is 9.53 Å². The summed E-state index contributed by atoms with van der Waals surface area (Å²) >= 11 is 0. The SMILES string of the molecule is C[C@@H]1C[C@H](C)CN(C(=O)COC(=O)c2cncn2-c2ccc(F)cc2)C1. The molecule has 1 aromatic carbocycles. The van der Waals surface area contributed by atoms with Gasteiger partial charge in [-0.05, 0) is 42.5 Å². The van der Waals surface area contributed by atoms with Gasteiger partial charge in [0, 0.05) is 18.8 Å². The minimum Gasteiger partial charge on any atom is -0.451 e. The minimum atomic E-state index is -0.640. The van der Waals surface area contributed by atoms with Crippen LogP contribution in [0.25, 0.3) is 5.69 Å². The lowest BCUT2D eigenvalue weighted by atomic mass is 9.92. The molecule has 1 aliphatic heterocycles. The summed E-state index contributed by atoms with van der Waals surface area (Å²) in [6.45, 7) is 5.31. The van der Waals surface area contributed by atoms with Gasteiger partial charge in [-0.1, -0.05) is 13.8 Å². The Balaban J connectivity index is 1.63. The highest BCUT2D eigenvalue weighted by atomic mass is 19.1. The number of esters is 1. The number of amides is 1. The van der Waals surface area contributed by atoms with Gasteiger partial charge < -0.3 is 9.64 Å². The summed E-state index contributed by atoms with van der Waals surface area (Å²) in [5.74, 6) is -0.312. The number of halogens is 1. The molecule has 3 rings (SSSR count). The van der Waals surface area contributed by atoms with Gasteiger partial charge in [-0.2, -0.15) is 0 Å². The van der Waals surface area contributed by atoms with Gasteiger partial charge in [0.05, 0.1) is 12.5 Å². The molecule has 26 heavy (non-hydrogen) atoms. The van der Waals surface area contributed by atoms with Gasteiger partial charge in [-0.15, -0.1) is 0 Å². The molecule has 138 valence electrons. The summed E-state index contributed by atoms with van der Waals surface area (Å²) in [4.78, 5) is 30.4. The number of ether oxygens (including phenoxy) is 1. The molecule has 2 heterocycles. The number of aromatic nitrogens is 2. The molecule has 0 bridgehead atoms. The highest BCUT2D eigenvalue weighted by molar-refractivity contribution is 5.90. The maximum Gasteiger partial charge on any atom is 0.357 e. The minimum absolute atomic E-state index is 0.185. The quantitative estimate of drug-likeness (QED) is 0.788. The van der Waals surface area contributed by atoms with E-state index in [0.717, 1.165) is 6.42 Å². The molecule has 2 aromatic rings. The smallest absolute Gasteiger partial charge is 0.357 e. The van der Waals surface area contributed by atoms with Crippen LogP contribution in [0.15, 0.2) is 36.8 Å². The van der Waals surface area contributed by atoms with Crippen LogP contribution < -0.4 is 0 Å². The predicted molar refractivity (Wildman–Crippen MR) is 93.3 cm³/mol. The second-order valence-corrected chi connectivity index (χ2v) is 6.95. The molecule has 1 amide bonds. The zero-order valence-corrected chi connectivity index (χ0v) is 14.9. The van der Waals surface area contributed by atoms with Crippen molar-refractivity contribution in [3.05, 3.63) is 48.3 Å². The van der Waals surface area contributed by atoms with E-state index in [4.69, 9.17) is 4.74 Å². The second-order valence-electron chi connectivity index (χ2n) is 6.95. The molecule has 0 unspecified atom stereocenters. The van der Waals surface area contributed by atoms with Crippen LogP contribution >= 0.6 is 0 Å². The van der Waals surface area contributed by atoms with Crippen LogP contribution in [0.4, 0.5) is 4.39 Å². The van der Waals surface area contributed by atoms with Crippen LogP contribution in [0, 0.1) is 17.7 Å². The maximum absolute atomic E-state index is 13.1. The van der Waals surface area contributed by atoms with Crippen LogP contribution in [0.2, 0.25) is 0 Å². The van der Waals surface area contributed by atoms with Crippen LogP contribution in [0.5, 0.6) is 0 Å². The average molecular weight is 359 g/mol.